The Morgan fingerprint density at radius 1 is 1.08 bits per heavy atom. The molecule has 25 heavy (non-hydrogen) atoms. The normalized spacial score (nSPS) is 20.3. The van der Waals surface area contributed by atoms with Crippen LogP contribution in [0.25, 0.3) is 0 Å². The van der Waals surface area contributed by atoms with Crippen LogP contribution in [0.15, 0.2) is 18.2 Å². The topological polar surface area (TPSA) is 59.1 Å². The maximum absolute atomic E-state index is 12.6. The van der Waals surface area contributed by atoms with E-state index in [4.69, 9.17) is 9.47 Å². The Morgan fingerprint density at radius 3 is 2.56 bits per heavy atom. The molecule has 6 heteroatoms. The average Bonchev–Trinajstić information content (AvgIpc) is 3.08. The van der Waals surface area contributed by atoms with E-state index in [0.717, 1.165) is 12.8 Å². The van der Waals surface area contributed by atoms with Crippen LogP contribution in [0.5, 0.6) is 11.5 Å². The number of rotatable bonds is 3. The lowest BCUT2D eigenvalue weighted by molar-refractivity contribution is -0.141. The molecule has 0 unspecified atom stereocenters. The lowest BCUT2D eigenvalue weighted by Crippen LogP contribution is -2.57. The zero-order valence-corrected chi connectivity index (χ0v) is 14.6. The van der Waals surface area contributed by atoms with Gasteiger partial charge >= 0.3 is 0 Å². The molecule has 1 aromatic carbocycles. The molecule has 3 aliphatic rings. The molecule has 2 amide bonds. The molecular weight excluding hydrogens is 320 g/mol. The van der Waals surface area contributed by atoms with E-state index in [0.29, 0.717) is 36.2 Å². The van der Waals surface area contributed by atoms with Crippen molar-refractivity contribution in [2.75, 3.05) is 26.9 Å². The first-order chi connectivity index (χ1) is 12.1. The van der Waals surface area contributed by atoms with E-state index in [-0.39, 0.29) is 24.5 Å². The van der Waals surface area contributed by atoms with Crippen molar-refractivity contribution in [3.63, 3.8) is 0 Å². The third-order valence-corrected chi connectivity index (χ3v) is 5.61. The molecule has 0 bridgehead atoms. The fraction of sp³-hybridized carbons (Fsp3) is 0.579. The lowest BCUT2D eigenvalue weighted by atomic mass is 9.91. The first-order valence-corrected chi connectivity index (χ1v) is 9.09. The first-order valence-electron chi connectivity index (χ1n) is 9.09. The highest BCUT2D eigenvalue weighted by atomic mass is 16.7. The predicted molar refractivity (Wildman–Crippen MR) is 91.6 cm³/mol. The highest BCUT2D eigenvalue weighted by Crippen LogP contribution is 2.33. The van der Waals surface area contributed by atoms with Crippen LogP contribution in [0.3, 0.4) is 0 Å². The molecule has 6 nitrogen and oxygen atoms in total. The van der Waals surface area contributed by atoms with Crippen LogP contribution in [0.2, 0.25) is 0 Å². The van der Waals surface area contributed by atoms with Crippen molar-refractivity contribution in [2.45, 2.75) is 38.1 Å². The van der Waals surface area contributed by atoms with E-state index in [2.05, 4.69) is 0 Å². The third kappa shape index (κ3) is 3.05. The van der Waals surface area contributed by atoms with Crippen LogP contribution >= 0.6 is 0 Å². The van der Waals surface area contributed by atoms with Gasteiger partial charge in [-0.15, -0.1) is 0 Å². The summed E-state index contributed by atoms with van der Waals surface area (Å²) in [6, 6.07) is 5.60. The second-order valence-corrected chi connectivity index (χ2v) is 7.22. The van der Waals surface area contributed by atoms with Crippen molar-refractivity contribution < 1.29 is 19.1 Å². The van der Waals surface area contributed by atoms with Crippen molar-refractivity contribution in [3.05, 3.63) is 23.8 Å². The van der Waals surface area contributed by atoms with Crippen molar-refractivity contribution in [1.29, 1.82) is 0 Å². The van der Waals surface area contributed by atoms with Gasteiger partial charge < -0.3 is 19.3 Å². The Hall–Kier alpha value is -2.24. The summed E-state index contributed by atoms with van der Waals surface area (Å²) in [6.45, 7) is 1.20. The van der Waals surface area contributed by atoms with Gasteiger partial charge in [0.15, 0.2) is 11.5 Å². The van der Waals surface area contributed by atoms with Crippen LogP contribution in [0.4, 0.5) is 0 Å². The highest BCUT2D eigenvalue weighted by molar-refractivity contribution is 5.96. The number of hydrogen-bond donors (Lipinski definition) is 0. The van der Waals surface area contributed by atoms with Gasteiger partial charge in [-0.1, -0.05) is 19.3 Å². The van der Waals surface area contributed by atoms with Gasteiger partial charge in [-0.25, -0.2) is 0 Å². The van der Waals surface area contributed by atoms with E-state index in [1.165, 1.54) is 19.3 Å². The Kier molecular flexibility index (Phi) is 4.27. The zero-order valence-electron chi connectivity index (χ0n) is 14.6. The van der Waals surface area contributed by atoms with Crippen molar-refractivity contribution in [1.82, 2.24) is 9.80 Å². The smallest absolute Gasteiger partial charge is 0.254 e. The van der Waals surface area contributed by atoms with Crippen LogP contribution in [-0.2, 0) is 4.79 Å². The van der Waals surface area contributed by atoms with E-state index in [1.807, 2.05) is 11.9 Å². The quantitative estimate of drug-likeness (QED) is 0.844. The largest absolute Gasteiger partial charge is 0.454 e. The molecule has 1 saturated heterocycles. The van der Waals surface area contributed by atoms with Gasteiger partial charge in [-0.3, -0.25) is 9.59 Å². The lowest BCUT2D eigenvalue weighted by Gasteiger charge is -2.42. The van der Waals surface area contributed by atoms with Gasteiger partial charge in [0.25, 0.3) is 5.91 Å². The minimum Gasteiger partial charge on any atom is -0.454 e. The summed E-state index contributed by atoms with van der Waals surface area (Å²) in [7, 11) is 1.92. The molecule has 0 radical (unpaired) electrons. The Labute approximate surface area is 147 Å². The summed E-state index contributed by atoms with van der Waals surface area (Å²) in [6.07, 6.45) is 5.91. The summed E-state index contributed by atoms with van der Waals surface area (Å²) in [4.78, 5) is 28.9. The monoisotopic (exact) mass is 344 g/mol. The molecule has 0 atom stereocenters. The fourth-order valence-electron chi connectivity index (χ4n) is 3.95. The van der Waals surface area contributed by atoms with E-state index in [9.17, 15) is 9.59 Å². The molecular formula is C19H24N2O4. The molecule has 2 fully saturated rings. The summed E-state index contributed by atoms with van der Waals surface area (Å²) >= 11 is 0. The number of likely N-dealkylation sites (tertiary alicyclic amines) is 1. The fourth-order valence-corrected chi connectivity index (χ4v) is 3.95. The molecule has 1 aromatic rings. The summed E-state index contributed by atoms with van der Waals surface area (Å²) in [5, 5.41) is 0. The predicted octanol–water partition coefficient (Wildman–Crippen LogP) is 2.28. The summed E-state index contributed by atoms with van der Waals surface area (Å²) < 4.78 is 10.6. The van der Waals surface area contributed by atoms with Gasteiger partial charge in [0.2, 0.25) is 12.7 Å². The van der Waals surface area contributed by atoms with Crippen molar-refractivity contribution in [2.24, 2.45) is 5.92 Å². The second kappa shape index (κ2) is 6.58. The van der Waals surface area contributed by atoms with Gasteiger partial charge in [0.1, 0.15) is 0 Å². The standard InChI is InChI=1S/C19H24N2O4/c1-20(15-5-3-2-4-6-15)18(22)14-10-21(11-14)19(23)13-7-8-16-17(9-13)25-12-24-16/h7-9,14-15H,2-6,10-12H2,1H3. The van der Waals surface area contributed by atoms with Gasteiger partial charge in [0, 0.05) is 31.7 Å². The number of carbonyl (C=O) groups excluding carboxylic acids is 2. The maximum atomic E-state index is 12.6. The van der Waals surface area contributed by atoms with Gasteiger partial charge in [0.05, 0.1) is 5.92 Å². The highest BCUT2D eigenvalue weighted by Gasteiger charge is 2.39. The molecule has 1 aliphatic carbocycles. The van der Waals surface area contributed by atoms with Gasteiger partial charge in [-0.05, 0) is 31.0 Å². The Bertz CT molecular complexity index is 678. The number of hydrogen-bond acceptors (Lipinski definition) is 4. The summed E-state index contributed by atoms with van der Waals surface area (Å²) in [5.74, 6) is 1.34. The van der Waals surface area contributed by atoms with Crippen LogP contribution < -0.4 is 9.47 Å². The first kappa shape index (κ1) is 16.2. The number of ether oxygens (including phenoxy) is 2. The third-order valence-electron chi connectivity index (χ3n) is 5.61. The number of amides is 2. The van der Waals surface area contributed by atoms with Crippen LogP contribution in [0, 0.1) is 5.92 Å². The van der Waals surface area contributed by atoms with E-state index >= 15 is 0 Å². The van der Waals surface area contributed by atoms with Crippen molar-refractivity contribution in [3.8, 4) is 11.5 Å². The summed E-state index contributed by atoms with van der Waals surface area (Å²) in [5.41, 5.74) is 0.579. The molecule has 4 rings (SSSR count). The minimum atomic E-state index is -0.0649. The number of nitrogens with zero attached hydrogens (tertiary/aromatic N) is 2. The Morgan fingerprint density at radius 2 is 1.80 bits per heavy atom. The Balaban J connectivity index is 1.33. The molecule has 1 saturated carbocycles. The van der Waals surface area contributed by atoms with E-state index in [1.54, 1.807) is 23.1 Å². The minimum absolute atomic E-state index is 0.0531. The molecule has 0 aromatic heterocycles. The molecule has 2 heterocycles. The van der Waals surface area contributed by atoms with Crippen molar-refractivity contribution >= 4 is 11.8 Å². The van der Waals surface area contributed by atoms with E-state index < -0.39 is 0 Å². The molecule has 134 valence electrons. The van der Waals surface area contributed by atoms with Crippen LogP contribution in [-0.4, -0.2) is 54.6 Å². The SMILES string of the molecule is CN(C(=O)C1CN(C(=O)c2ccc3c(c2)OCO3)C1)C1CCCCC1. The number of fused-ring (bicyclic) bond motifs is 1. The zero-order chi connectivity index (χ0) is 17.4. The van der Waals surface area contributed by atoms with Crippen LogP contribution in [0.1, 0.15) is 42.5 Å². The van der Waals surface area contributed by atoms with Gasteiger partial charge in [-0.2, -0.15) is 0 Å². The molecule has 0 spiro atoms. The molecule has 2 aliphatic heterocycles. The second-order valence-electron chi connectivity index (χ2n) is 7.22. The average molecular weight is 344 g/mol. The number of benzene rings is 1. The maximum Gasteiger partial charge on any atom is 0.254 e. The molecule has 0 N–H and O–H groups in total. The number of carbonyl (C=O) groups is 2.